The van der Waals surface area contributed by atoms with Gasteiger partial charge in [0.1, 0.15) is 0 Å². The smallest absolute Gasteiger partial charge is 0.343 e. The molecule has 8 heteroatoms. The van der Waals surface area contributed by atoms with E-state index in [9.17, 15) is 22.8 Å². The molecule has 0 aliphatic carbocycles. The second-order valence-corrected chi connectivity index (χ2v) is 8.23. The number of amides is 2. The lowest BCUT2D eigenvalue weighted by Crippen LogP contribution is -2.49. The minimum Gasteiger partial charge on any atom is -0.343 e. The number of hydrogen-bond donors (Lipinski definition) is 0. The van der Waals surface area contributed by atoms with E-state index < -0.39 is 12.1 Å². The molecule has 2 amide bonds. The van der Waals surface area contributed by atoms with Gasteiger partial charge in [0.25, 0.3) is 0 Å². The fourth-order valence-corrected chi connectivity index (χ4v) is 4.45. The van der Waals surface area contributed by atoms with Crippen molar-refractivity contribution in [2.24, 2.45) is 11.8 Å². The predicted octanol–water partition coefficient (Wildman–Crippen LogP) is 2.51. The molecule has 0 spiro atoms. The quantitative estimate of drug-likeness (QED) is 0.742. The molecule has 154 valence electrons. The molecule has 3 heterocycles. The first-order valence-electron chi connectivity index (χ1n) is 10.2. The van der Waals surface area contributed by atoms with E-state index in [1.807, 2.05) is 9.80 Å². The van der Waals surface area contributed by atoms with Crippen LogP contribution < -0.4 is 0 Å². The highest BCUT2D eigenvalue weighted by Gasteiger charge is 2.42. The second-order valence-electron chi connectivity index (χ2n) is 8.23. The lowest BCUT2D eigenvalue weighted by Gasteiger charge is -2.36. The van der Waals surface area contributed by atoms with E-state index in [-0.39, 0.29) is 31.3 Å². The number of piperidine rings is 2. The zero-order valence-electron chi connectivity index (χ0n) is 15.8. The first-order valence-corrected chi connectivity index (χ1v) is 10.2. The number of halogens is 3. The molecule has 5 nitrogen and oxygen atoms in total. The summed E-state index contributed by atoms with van der Waals surface area (Å²) in [4.78, 5) is 30.0. The second kappa shape index (κ2) is 8.80. The maximum Gasteiger partial charge on any atom is 0.393 e. The van der Waals surface area contributed by atoms with Crippen LogP contribution in [0.1, 0.15) is 44.9 Å². The molecule has 0 aromatic heterocycles. The maximum atomic E-state index is 12.9. The van der Waals surface area contributed by atoms with Crippen LogP contribution in [0.3, 0.4) is 0 Å². The summed E-state index contributed by atoms with van der Waals surface area (Å²) in [6.07, 6.45) is 0.826. The number of alkyl halides is 3. The molecule has 3 saturated heterocycles. The summed E-state index contributed by atoms with van der Waals surface area (Å²) < 4.78 is 38.7. The Hall–Kier alpha value is -1.31. The number of carbonyl (C=O) groups excluding carboxylic acids is 2. The van der Waals surface area contributed by atoms with Gasteiger partial charge >= 0.3 is 6.18 Å². The van der Waals surface area contributed by atoms with Crippen LogP contribution in [0.4, 0.5) is 13.2 Å². The summed E-state index contributed by atoms with van der Waals surface area (Å²) in [5.41, 5.74) is 0. The van der Waals surface area contributed by atoms with Gasteiger partial charge in [0.15, 0.2) is 0 Å². The van der Waals surface area contributed by atoms with E-state index in [4.69, 9.17) is 0 Å². The van der Waals surface area contributed by atoms with Crippen LogP contribution >= 0.6 is 0 Å². The van der Waals surface area contributed by atoms with E-state index in [2.05, 4.69) is 0 Å². The number of nitrogens with zero attached hydrogens (tertiary/aromatic N) is 3. The topological polar surface area (TPSA) is 43.9 Å². The Morgan fingerprint density at radius 1 is 0.815 bits per heavy atom. The Morgan fingerprint density at radius 3 is 2.07 bits per heavy atom. The van der Waals surface area contributed by atoms with Gasteiger partial charge in [-0.15, -0.1) is 0 Å². The third-order valence-electron chi connectivity index (χ3n) is 6.23. The average molecular weight is 389 g/mol. The predicted molar refractivity (Wildman–Crippen MR) is 95.0 cm³/mol. The third-order valence-corrected chi connectivity index (χ3v) is 6.23. The standard InChI is InChI=1S/C19H30F3N3O2/c20-19(21,22)16-4-3-9-25(13-16)18(27)14-23-10-5-15(6-11-23)12-17(26)24-7-1-2-8-24/h15-16H,1-14H2. The third kappa shape index (κ3) is 5.59. The molecule has 0 bridgehead atoms. The van der Waals surface area contributed by atoms with Gasteiger partial charge in [-0.1, -0.05) is 0 Å². The van der Waals surface area contributed by atoms with Crippen LogP contribution in [0.5, 0.6) is 0 Å². The minimum absolute atomic E-state index is 0.115. The van der Waals surface area contributed by atoms with Crippen molar-refractivity contribution in [3.63, 3.8) is 0 Å². The number of likely N-dealkylation sites (tertiary alicyclic amines) is 3. The fraction of sp³-hybridized carbons (Fsp3) is 0.895. The van der Waals surface area contributed by atoms with Gasteiger partial charge in [-0.05, 0) is 57.5 Å². The summed E-state index contributed by atoms with van der Waals surface area (Å²) in [6, 6.07) is 0. The normalized spacial score (nSPS) is 25.8. The van der Waals surface area contributed by atoms with Gasteiger partial charge < -0.3 is 9.80 Å². The molecule has 3 aliphatic rings. The molecule has 1 unspecified atom stereocenters. The molecule has 0 aromatic rings. The highest BCUT2D eigenvalue weighted by Crippen LogP contribution is 2.33. The highest BCUT2D eigenvalue weighted by atomic mass is 19.4. The Labute approximate surface area is 158 Å². The van der Waals surface area contributed by atoms with E-state index in [0.29, 0.717) is 25.3 Å². The minimum atomic E-state index is -4.22. The molecule has 1 atom stereocenters. The van der Waals surface area contributed by atoms with Gasteiger partial charge in [0, 0.05) is 32.6 Å². The van der Waals surface area contributed by atoms with Gasteiger partial charge in [0.05, 0.1) is 12.5 Å². The summed E-state index contributed by atoms with van der Waals surface area (Å²) in [5, 5.41) is 0. The maximum absolute atomic E-state index is 12.9. The fourth-order valence-electron chi connectivity index (χ4n) is 4.45. The summed E-state index contributed by atoms with van der Waals surface area (Å²) >= 11 is 0. The molecule has 27 heavy (non-hydrogen) atoms. The molecule has 3 fully saturated rings. The molecule has 0 radical (unpaired) electrons. The van der Waals surface area contributed by atoms with Crippen molar-refractivity contribution in [2.75, 3.05) is 45.8 Å². The Bertz CT molecular complexity index is 527. The Kier molecular flexibility index (Phi) is 6.65. The summed E-state index contributed by atoms with van der Waals surface area (Å²) in [5.74, 6) is -0.990. The van der Waals surface area contributed by atoms with E-state index in [0.717, 1.165) is 51.9 Å². The van der Waals surface area contributed by atoms with Gasteiger partial charge in [-0.3, -0.25) is 14.5 Å². The van der Waals surface area contributed by atoms with E-state index >= 15 is 0 Å². The Balaban J connectivity index is 1.39. The Morgan fingerprint density at radius 2 is 1.44 bits per heavy atom. The van der Waals surface area contributed by atoms with Crippen LogP contribution in [-0.4, -0.2) is 78.5 Å². The summed E-state index contributed by atoms with van der Waals surface area (Å²) in [6.45, 7) is 3.63. The van der Waals surface area contributed by atoms with Gasteiger partial charge in [-0.25, -0.2) is 0 Å². The number of rotatable bonds is 4. The first-order chi connectivity index (χ1) is 12.8. The van der Waals surface area contributed by atoms with Crippen LogP contribution in [0, 0.1) is 11.8 Å². The van der Waals surface area contributed by atoms with E-state index in [1.54, 1.807) is 0 Å². The van der Waals surface area contributed by atoms with Gasteiger partial charge in [-0.2, -0.15) is 13.2 Å². The van der Waals surface area contributed by atoms with Crippen molar-refractivity contribution in [3.8, 4) is 0 Å². The lowest BCUT2D eigenvalue weighted by atomic mass is 9.93. The molecular formula is C19H30F3N3O2. The van der Waals surface area contributed by atoms with Gasteiger partial charge in [0.2, 0.25) is 11.8 Å². The molecule has 0 aromatic carbocycles. The van der Waals surface area contributed by atoms with Crippen molar-refractivity contribution >= 4 is 11.8 Å². The lowest BCUT2D eigenvalue weighted by molar-refractivity contribution is -0.188. The van der Waals surface area contributed by atoms with Crippen LogP contribution in [-0.2, 0) is 9.59 Å². The van der Waals surface area contributed by atoms with Crippen molar-refractivity contribution in [2.45, 2.75) is 51.1 Å². The molecular weight excluding hydrogens is 359 g/mol. The average Bonchev–Trinajstić information content (AvgIpc) is 3.17. The van der Waals surface area contributed by atoms with Crippen LogP contribution in [0.25, 0.3) is 0 Å². The zero-order valence-corrected chi connectivity index (χ0v) is 15.8. The number of carbonyl (C=O) groups is 2. The van der Waals surface area contributed by atoms with E-state index in [1.165, 1.54) is 4.90 Å². The SMILES string of the molecule is O=C(CC1CCN(CC(=O)N2CCCC(C(F)(F)F)C2)CC1)N1CCCC1. The molecule has 0 saturated carbocycles. The molecule has 3 rings (SSSR count). The van der Waals surface area contributed by atoms with Crippen molar-refractivity contribution in [1.82, 2.24) is 14.7 Å². The largest absolute Gasteiger partial charge is 0.393 e. The van der Waals surface area contributed by atoms with Crippen molar-refractivity contribution in [3.05, 3.63) is 0 Å². The summed E-state index contributed by atoms with van der Waals surface area (Å²) in [7, 11) is 0. The molecule has 3 aliphatic heterocycles. The number of hydrogen-bond acceptors (Lipinski definition) is 3. The first kappa shape index (κ1) is 20.4. The zero-order chi connectivity index (χ0) is 19.4. The molecule has 0 N–H and O–H groups in total. The van der Waals surface area contributed by atoms with Crippen LogP contribution in [0.15, 0.2) is 0 Å². The van der Waals surface area contributed by atoms with Crippen molar-refractivity contribution in [1.29, 1.82) is 0 Å². The van der Waals surface area contributed by atoms with Crippen LogP contribution in [0.2, 0.25) is 0 Å². The highest BCUT2D eigenvalue weighted by molar-refractivity contribution is 5.78. The van der Waals surface area contributed by atoms with Crippen molar-refractivity contribution < 1.29 is 22.8 Å². The monoisotopic (exact) mass is 389 g/mol.